The Morgan fingerprint density at radius 1 is 1.06 bits per heavy atom. The molecule has 0 bridgehead atoms. The highest BCUT2D eigenvalue weighted by Crippen LogP contribution is 2.34. The zero-order valence-electron chi connectivity index (χ0n) is 19.0. The summed E-state index contributed by atoms with van der Waals surface area (Å²) in [5.41, 5.74) is 0.828. The van der Waals surface area contributed by atoms with Crippen LogP contribution >= 0.6 is 11.6 Å². The molecule has 1 saturated carbocycles. The van der Waals surface area contributed by atoms with Gasteiger partial charge in [0.15, 0.2) is 0 Å². The smallest absolute Gasteiger partial charge is 0.294 e. The Bertz CT molecular complexity index is 1250. The van der Waals surface area contributed by atoms with Crippen molar-refractivity contribution in [3.63, 3.8) is 0 Å². The Hall–Kier alpha value is -3.43. The van der Waals surface area contributed by atoms with Gasteiger partial charge in [0.1, 0.15) is 23.7 Å². The van der Waals surface area contributed by atoms with Gasteiger partial charge in [-0.1, -0.05) is 23.7 Å². The number of nitrogens with one attached hydrogen (secondary N) is 2. The first-order valence-corrected chi connectivity index (χ1v) is 12.0. The number of benzene rings is 1. The number of para-hydroxylation sites is 1. The van der Waals surface area contributed by atoms with Crippen LogP contribution < -0.4 is 10.6 Å². The monoisotopic (exact) mass is 496 g/mol. The van der Waals surface area contributed by atoms with Gasteiger partial charge in [-0.05, 0) is 49.9 Å². The number of rotatable bonds is 5. The van der Waals surface area contributed by atoms with Crippen molar-refractivity contribution in [1.29, 1.82) is 0 Å². The fourth-order valence-electron chi connectivity index (χ4n) is 4.74. The first-order chi connectivity index (χ1) is 17.0. The van der Waals surface area contributed by atoms with Gasteiger partial charge in [0.25, 0.3) is 5.91 Å². The van der Waals surface area contributed by atoms with Crippen molar-refractivity contribution in [2.24, 2.45) is 5.92 Å². The predicted molar refractivity (Wildman–Crippen MR) is 130 cm³/mol. The summed E-state index contributed by atoms with van der Waals surface area (Å²) in [6.45, 7) is 1.28. The molecule has 1 saturated heterocycles. The van der Waals surface area contributed by atoms with E-state index in [-0.39, 0.29) is 36.1 Å². The number of morpholine rings is 1. The molecule has 2 aliphatic rings. The van der Waals surface area contributed by atoms with Gasteiger partial charge in [-0.15, -0.1) is 0 Å². The van der Waals surface area contributed by atoms with Gasteiger partial charge in [0.05, 0.1) is 11.6 Å². The Balaban J connectivity index is 1.30. The molecule has 1 aliphatic carbocycles. The van der Waals surface area contributed by atoms with E-state index in [1.807, 2.05) is 11.0 Å². The van der Waals surface area contributed by atoms with E-state index in [1.54, 1.807) is 30.3 Å². The Labute approximate surface area is 206 Å². The summed E-state index contributed by atoms with van der Waals surface area (Å²) >= 11 is 5.87. The van der Waals surface area contributed by atoms with E-state index in [2.05, 4.69) is 15.6 Å². The second-order valence-corrected chi connectivity index (χ2v) is 9.19. The summed E-state index contributed by atoms with van der Waals surface area (Å²) in [5, 5.41) is 6.72. The van der Waals surface area contributed by atoms with E-state index >= 15 is 0 Å². The van der Waals surface area contributed by atoms with Gasteiger partial charge < -0.3 is 24.7 Å². The molecule has 1 aliphatic heterocycles. The lowest BCUT2D eigenvalue weighted by Crippen LogP contribution is -2.49. The minimum absolute atomic E-state index is 0.00361. The van der Waals surface area contributed by atoms with E-state index in [1.165, 1.54) is 6.20 Å². The molecule has 2 N–H and O–H groups in total. The lowest BCUT2D eigenvalue weighted by molar-refractivity contribution is -0.146. The molecule has 10 heteroatoms. The Morgan fingerprint density at radius 3 is 2.60 bits per heavy atom. The van der Waals surface area contributed by atoms with Crippen LogP contribution in [0.4, 0.5) is 11.5 Å². The van der Waals surface area contributed by atoms with Crippen molar-refractivity contribution in [3.05, 3.63) is 53.4 Å². The van der Waals surface area contributed by atoms with Gasteiger partial charge in [0.2, 0.25) is 17.6 Å². The summed E-state index contributed by atoms with van der Waals surface area (Å²) in [6, 6.07) is 10.5. The van der Waals surface area contributed by atoms with Crippen LogP contribution in [0.25, 0.3) is 11.0 Å². The number of amides is 3. The maximum atomic E-state index is 13.2. The van der Waals surface area contributed by atoms with Crippen LogP contribution in [0.1, 0.15) is 36.2 Å². The van der Waals surface area contributed by atoms with Crippen LogP contribution in [-0.4, -0.2) is 53.4 Å². The highest BCUT2D eigenvalue weighted by Gasteiger charge is 2.33. The van der Waals surface area contributed by atoms with Crippen molar-refractivity contribution in [1.82, 2.24) is 9.88 Å². The minimum Gasteiger partial charge on any atom is -0.449 e. The molecule has 0 atom stereocenters. The topological polar surface area (TPSA) is 114 Å². The quantitative estimate of drug-likeness (QED) is 0.550. The molecule has 3 aromatic rings. The normalized spacial score (nSPS) is 20.6. The van der Waals surface area contributed by atoms with Crippen molar-refractivity contribution >= 4 is 51.8 Å². The predicted octanol–water partition coefficient (Wildman–Crippen LogP) is 4.09. The first kappa shape index (κ1) is 23.3. The van der Waals surface area contributed by atoms with Crippen molar-refractivity contribution < 1.29 is 23.5 Å². The molecule has 0 radical (unpaired) electrons. The third-order valence-electron chi connectivity index (χ3n) is 6.55. The molecule has 5 rings (SSSR count). The molecule has 2 fully saturated rings. The van der Waals surface area contributed by atoms with E-state index in [0.717, 1.165) is 12.8 Å². The molecule has 0 unspecified atom stereocenters. The molecule has 9 nitrogen and oxygen atoms in total. The molecular formula is C25H25ClN4O5. The van der Waals surface area contributed by atoms with Crippen molar-refractivity contribution in [2.75, 3.05) is 30.4 Å². The van der Waals surface area contributed by atoms with Crippen LogP contribution in [0, 0.1) is 5.92 Å². The summed E-state index contributed by atoms with van der Waals surface area (Å²) in [6.07, 6.45) is 4.26. The number of nitrogens with zero attached hydrogens (tertiary/aromatic N) is 2. The standard InChI is InChI=1S/C25H25ClN4O5/c26-16-7-10-20(27-13-16)28-25(33)23-22(18-3-1-2-4-19(18)35-23)29-24(32)15-5-8-17(9-6-15)30-11-12-34-14-21(30)31/h1-4,7,10,13,15,17H,5-6,8-9,11-12,14H2,(H,29,32)(H,27,28,33)/t15-,17-. The largest absolute Gasteiger partial charge is 0.449 e. The number of anilines is 2. The average molecular weight is 497 g/mol. The van der Waals surface area contributed by atoms with Crippen LogP contribution in [0.5, 0.6) is 0 Å². The number of pyridine rings is 1. The van der Waals surface area contributed by atoms with Gasteiger partial charge in [-0.25, -0.2) is 4.98 Å². The minimum atomic E-state index is -0.527. The number of carbonyl (C=O) groups excluding carboxylic acids is 3. The molecule has 2 aromatic heterocycles. The lowest BCUT2D eigenvalue weighted by atomic mass is 9.84. The third kappa shape index (κ3) is 5.01. The number of fused-ring (bicyclic) bond motifs is 1. The zero-order valence-corrected chi connectivity index (χ0v) is 19.7. The summed E-state index contributed by atoms with van der Waals surface area (Å²) in [7, 11) is 0. The van der Waals surface area contributed by atoms with E-state index in [4.69, 9.17) is 20.8 Å². The second kappa shape index (κ2) is 10.1. The maximum absolute atomic E-state index is 13.2. The number of carbonyl (C=O) groups is 3. The van der Waals surface area contributed by atoms with Crippen LogP contribution in [0.3, 0.4) is 0 Å². The Kier molecular flexibility index (Phi) is 6.70. The fraction of sp³-hybridized carbons (Fsp3) is 0.360. The number of hydrogen-bond donors (Lipinski definition) is 2. The number of ether oxygens (including phenoxy) is 1. The van der Waals surface area contributed by atoms with Gasteiger partial charge in [-0.2, -0.15) is 0 Å². The molecule has 0 spiro atoms. The molecule has 35 heavy (non-hydrogen) atoms. The zero-order chi connectivity index (χ0) is 24.4. The van der Waals surface area contributed by atoms with Crippen LogP contribution in [-0.2, 0) is 14.3 Å². The first-order valence-electron chi connectivity index (χ1n) is 11.6. The van der Waals surface area contributed by atoms with Crippen LogP contribution in [0.15, 0.2) is 47.0 Å². The molecule has 3 heterocycles. The van der Waals surface area contributed by atoms with E-state index in [9.17, 15) is 14.4 Å². The highest BCUT2D eigenvalue weighted by molar-refractivity contribution is 6.30. The summed E-state index contributed by atoms with van der Waals surface area (Å²) in [4.78, 5) is 44.4. The number of furan rings is 1. The van der Waals surface area contributed by atoms with Crippen molar-refractivity contribution in [2.45, 2.75) is 31.7 Å². The number of halogens is 1. The average Bonchev–Trinajstić information content (AvgIpc) is 3.24. The summed E-state index contributed by atoms with van der Waals surface area (Å²) < 4.78 is 11.0. The fourth-order valence-corrected chi connectivity index (χ4v) is 4.86. The molecule has 1 aromatic carbocycles. The lowest BCUT2D eigenvalue weighted by Gasteiger charge is -2.38. The van der Waals surface area contributed by atoms with Crippen molar-refractivity contribution in [3.8, 4) is 0 Å². The number of aromatic nitrogens is 1. The van der Waals surface area contributed by atoms with E-state index < -0.39 is 5.91 Å². The molecule has 182 valence electrons. The molecule has 3 amide bonds. The Morgan fingerprint density at radius 2 is 1.86 bits per heavy atom. The van der Waals surface area contributed by atoms with Gasteiger partial charge in [0, 0.05) is 30.1 Å². The summed E-state index contributed by atoms with van der Waals surface area (Å²) in [5.74, 6) is -0.579. The van der Waals surface area contributed by atoms with E-state index in [0.29, 0.717) is 53.5 Å². The SMILES string of the molecule is O=C(Nc1ccc(Cl)cn1)c1oc2ccccc2c1NC(=O)[C@H]1CC[C@H](N2CCOCC2=O)CC1. The van der Waals surface area contributed by atoms with Gasteiger partial charge in [-0.3, -0.25) is 14.4 Å². The maximum Gasteiger partial charge on any atom is 0.294 e. The molecular weight excluding hydrogens is 472 g/mol. The number of hydrogen-bond acceptors (Lipinski definition) is 6. The highest BCUT2D eigenvalue weighted by atomic mass is 35.5. The van der Waals surface area contributed by atoms with Gasteiger partial charge >= 0.3 is 0 Å². The third-order valence-corrected chi connectivity index (χ3v) is 6.77. The second-order valence-electron chi connectivity index (χ2n) is 8.75. The van der Waals surface area contributed by atoms with Crippen LogP contribution in [0.2, 0.25) is 5.02 Å².